The monoisotopic (exact) mass is 337 g/mol. The number of amides is 1. The molecule has 0 spiro atoms. The zero-order valence-electron chi connectivity index (χ0n) is 13.7. The molecule has 0 aromatic carbocycles. The summed E-state index contributed by atoms with van der Waals surface area (Å²) in [6.45, 7) is 1.80. The summed E-state index contributed by atoms with van der Waals surface area (Å²) >= 11 is 0. The molecule has 1 amide bonds. The Balaban J connectivity index is 1.73. The Kier molecular flexibility index (Phi) is 5.36. The van der Waals surface area contributed by atoms with Crippen LogP contribution in [0.1, 0.15) is 22.5 Å². The lowest BCUT2D eigenvalue weighted by Gasteiger charge is -2.23. The predicted molar refractivity (Wildman–Crippen MR) is 92.9 cm³/mol. The number of pyridine rings is 2. The highest BCUT2D eigenvalue weighted by atomic mass is 16.2. The third kappa shape index (κ3) is 4.63. The minimum Gasteiger partial charge on any atom is -0.337 e. The van der Waals surface area contributed by atoms with E-state index in [1.54, 1.807) is 42.0 Å². The van der Waals surface area contributed by atoms with Crippen LogP contribution in [0.2, 0.25) is 0 Å². The molecule has 3 aromatic rings. The van der Waals surface area contributed by atoms with Crippen LogP contribution in [-0.4, -0.2) is 36.9 Å². The summed E-state index contributed by atoms with van der Waals surface area (Å²) in [7, 11) is 0. The van der Waals surface area contributed by atoms with Crippen LogP contribution >= 0.6 is 0 Å². The van der Waals surface area contributed by atoms with Crippen LogP contribution in [0, 0.1) is 0 Å². The number of aryl methyl sites for hydroxylation is 1. The molecule has 3 rings (SSSR count). The van der Waals surface area contributed by atoms with Crippen LogP contribution in [0.4, 0.5) is 0 Å². The van der Waals surface area contributed by atoms with E-state index in [2.05, 4.69) is 15.0 Å². The van der Waals surface area contributed by atoms with Crippen LogP contribution in [0.15, 0.2) is 66.2 Å². The number of rotatable bonds is 7. The Morgan fingerprint density at radius 1 is 1.12 bits per heavy atom. The summed E-state index contributed by atoms with van der Waals surface area (Å²) in [4.78, 5) is 36.7. The summed E-state index contributed by atoms with van der Waals surface area (Å²) in [6, 6.07) is 8.36. The molecule has 1 N–H and O–H groups in total. The molecule has 0 aliphatic heterocycles. The van der Waals surface area contributed by atoms with Gasteiger partial charge >= 0.3 is 0 Å². The minimum absolute atomic E-state index is 0.194. The van der Waals surface area contributed by atoms with E-state index in [1.165, 1.54) is 6.07 Å². The van der Waals surface area contributed by atoms with Crippen molar-refractivity contribution < 1.29 is 4.79 Å². The third-order valence-corrected chi connectivity index (χ3v) is 3.81. The molecule has 0 fully saturated rings. The van der Waals surface area contributed by atoms with Crippen molar-refractivity contribution in [3.8, 4) is 0 Å². The summed E-state index contributed by atoms with van der Waals surface area (Å²) in [6.07, 6.45) is 9.56. The number of hydrogen-bond acceptors (Lipinski definition) is 4. The fourth-order valence-electron chi connectivity index (χ4n) is 2.57. The number of aromatic nitrogens is 4. The second-order valence-electron chi connectivity index (χ2n) is 5.66. The van der Waals surface area contributed by atoms with E-state index < -0.39 is 0 Å². The molecule has 0 unspecified atom stereocenters. The highest BCUT2D eigenvalue weighted by Crippen LogP contribution is 2.09. The first-order chi connectivity index (χ1) is 12.2. The Hall–Kier alpha value is -3.22. The number of carbonyl (C=O) groups excluding carboxylic acids is 1. The summed E-state index contributed by atoms with van der Waals surface area (Å²) in [5.41, 5.74) is 1.00. The lowest BCUT2D eigenvalue weighted by molar-refractivity contribution is 0.0732. The molecule has 25 heavy (non-hydrogen) atoms. The molecule has 0 bridgehead atoms. The first-order valence-corrected chi connectivity index (χ1v) is 8.05. The zero-order valence-corrected chi connectivity index (χ0v) is 13.7. The molecule has 0 saturated heterocycles. The molecular formula is C18H19N5O2. The molecule has 0 saturated carbocycles. The van der Waals surface area contributed by atoms with Crippen molar-refractivity contribution in [2.45, 2.75) is 19.5 Å². The molecule has 0 atom stereocenters. The second kappa shape index (κ2) is 8.05. The van der Waals surface area contributed by atoms with Gasteiger partial charge in [-0.25, -0.2) is 4.98 Å². The van der Waals surface area contributed by atoms with Gasteiger partial charge in [-0.05, 0) is 30.2 Å². The van der Waals surface area contributed by atoms with Gasteiger partial charge in [-0.3, -0.25) is 14.6 Å². The lowest BCUT2D eigenvalue weighted by atomic mass is 10.2. The number of aromatic amines is 1. The largest absolute Gasteiger partial charge is 0.337 e. The summed E-state index contributed by atoms with van der Waals surface area (Å²) < 4.78 is 1.97. The van der Waals surface area contributed by atoms with Crippen molar-refractivity contribution in [3.05, 3.63) is 83.1 Å². The fraction of sp³-hybridized carbons (Fsp3) is 0.222. The van der Waals surface area contributed by atoms with Crippen molar-refractivity contribution >= 4 is 5.91 Å². The number of carbonyl (C=O) groups is 1. The quantitative estimate of drug-likeness (QED) is 0.711. The molecular weight excluding hydrogens is 318 g/mol. The standard InChI is InChI=1S/C18H19N5O2/c24-17-4-1-3-16(21-17)18(25)23(13-15-5-7-19-8-6-15)11-2-10-22-12-9-20-14-22/h1,3-9,12,14H,2,10-11,13H2,(H,21,24). The molecule has 3 aromatic heterocycles. The van der Waals surface area contributed by atoms with Crippen LogP contribution < -0.4 is 5.56 Å². The molecule has 0 aliphatic carbocycles. The van der Waals surface area contributed by atoms with Crippen LogP contribution in [-0.2, 0) is 13.1 Å². The van der Waals surface area contributed by atoms with Gasteiger partial charge in [-0.1, -0.05) is 6.07 Å². The maximum absolute atomic E-state index is 12.8. The Morgan fingerprint density at radius 3 is 2.68 bits per heavy atom. The number of imidazole rings is 1. The molecule has 0 radical (unpaired) electrons. The third-order valence-electron chi connectivity index (χ3n) is 3.81. The van der Waals surface area contributed by atoms with E-state index in [4.69, 9.17) is 0 Å². The van der Waals surface area contributed by atoms with Gasteiger partial charge in [0.2, 0.25) is 5.56 Å². The van der Waals surface area contributed by atoms with Gasteiger partial charge < -0.3 is 14.5 Å². The van der Waals surface area contributed by atoms with Gasteiger partial charge in [0.25, 0.3) is 5.91 Å². The van der Waals surface area contributed by atoms with Gasteiger partial charge in [-0.15, -0.1) is 0 Å². The van der Waals surface area contributed by atoms with Gasteiger partial charge in [0.15, 0.2) is 0 Å². The van der Waals surface area contributed by atoms with Crippen LogP contribution in [0.25, 0.3) is 0 Å². The normalized spacial score (nSPS) is 10.6. The molecule has 7 heteroatoms. The zero-order chi connectivity index (χ0) is 17.5. The van der Waals surface area contributed by atoms with Crippen molar-refractivity contribution in [1.29, 1.82) is 0 Å². The predicted octanol–water partition coefficient (Wildman–Crippen LogP) is 1.70. The first kappa shape index (κ1) is 16.6. The Bertz CT molecular complexity index is 858. The van der Waals surface area contributed by atoms with Gasteiger partial charge in [-0.2, -0.15) is 0 Å². The highest BCUT2D eigenvalue weighted by Gasteiger charge is 2.16. The number of nitrogens with zero attached hydrogens (tertiary/aromatic N) is 4. The molecule has 3 heterocycles. The highest BCUT2D eigenvalue weighted by molar-refractivity contribution is 5.92. The van der Waals surface area contributed by atoms with Gasteiger partial charge in [0, 0.05) is 50.5 Å². The molecule has 7 nitrogen and oxygen atoms in total. The minimum atomic E-state index is -0.284. The summed E-state index contributed by atoms with van der Waals surface area (Å²) in [5.74, 6) is -0.194. The van der Waals surface area contributed by atoms with Crippen molar-refractivity contribution in [2.24, 2.45) is 0 Å². The molecule has 128 valence electrons. The van der Waals surface area contributed by atoms with Gasteiger partial charge in [0.05, 0.1) is 6.33 Å². The Labute approximate surface area is 145 Å². The number of hydrogen-bond donors (Lipinski definition) is 1. The van der Waals surface area contributed by atoms with E-state index in [9.17, 15) is 9.59 Å². The average molecular weight is 337 g/mol. The van der Waals surface area contributed by atoms with E-state index in [0.29, 0.717) is 18.8 Å². The number of H-pyrrole nitrogens is 1. The van der Waals surface area contributed by atoms with Gasteiger partial charge in [0.1, 0.15) is 5.69 Å². The maximum atomic E-state index is 12.8. The Morgan fingerprint density at radius 2 is 1.96 bits per heavy atom. The number of nitrogens with one attached hydrogen (secondary N) is 1. The molecule has 0 aliphatic rings. The topological polar surface area (TPSA) is 83.9 Å². The van der Waals surface area contributed by atoms with Crippen molar-refractivity contribution in [2.75, 3.05) is 6.54 Å². The van der Waals surface area contributed by atoms with E-state index in [1.807, 2.05) is 22.9 Å². The van der Waals surface area contributed by atoms with E-state index >= 15 is 0 Å². The van der Waals surface area contributed by atoms with Crippen molar-refractivity contribution in [1.82, 2.24) is 24.4 Å². The second-order valence-corrected chi connectivity index (χ2v) is 5.66. The van der Waals surface area contributed by atoms with E-state index in [0.717, 1.165) is 18.5 Å². The van der Waals surface area contributed by atoms with Crippen molar-refractivity contribution in [3.63, 3.8) is 0 Å². The first-order valence-electron chi connectivity index (χ1n) is 8.05. The average Bonchev–Trinajstić information content (AvgIpc) is 3.14. The van der Waals surface area contributed by atoms with E-state index in [-0.39, 0.29) is 11.5 Å². The van der Waals surface area contributed by atoms with Crippen LogP contribution in [0.3, 0.4) is 0 Å². The van der Waals surface area contributed by atoms with Crippen LogP contribution in [0.5, 0.6) is 0 Å². The fourth-order valence-corrected chi connectivity index (χ4v) is 2.57. The lowest BCUT2D eigenvalue weighted by Crippen LogP contribution is -2.33. The SMILES string of the molecule is O=C(c1cccc(=O)[nH]1)N(CCCn1ccnc1)Cc1ccncc1. The summed E-state index contributed by atoms with van der Waals surface area (Å²) in [5, 5.41) is 0. The smallest absolute Gasteiger partial charge is 0.270 e. The maximum Gasteiger partial charge on any atom is 0.270 e.